The highest BCUT2D eigenvalue weighted by molar-refractivity contribution is 7.99. The summed E-state index contributed by atoms with van der Waals surface area (Å²) in [6.07, 6.45) is 7.03. The first-order valence-electron chi connectivity index (χ1n) is 5.62. The van der Waals surface area contributed by atoms with Crippen molar-refractivity contribution in [1.82, 2.24) is 10.7 Å². The number of nitrogens with one attached hydrogen (secondary N) is 2. The Morgan fingerprint density at radius 3 is 2.93 bits per heavy atom. The van der Waals surface area contributed by atoms with E-state index in [9.17, 15) is 0 Å². The molecule has 2 atom stereocenters. The third-order valence-electron chi connectivity index (χ3n) is 2.71. The van der Waals surface area contributed by atoms with Crippen molar-refractivity contribution in [2.24, 2.45) is 10.8 Å². The lowest BCUT2D eigenvalue weighted by atomic mass is 10.2. The minimum atomic E-state index is 0.520. The molecule has 88 valence electrons. The van der Waals surface area contributed by atoms with Crippen LogP contribution in [-0.2, 0) is 0 Å². The zero-order valence-electron chi connectivity index (χ0n) is 9.62. The van der Waals surface area contributed by atoms with Crippen molar-refractivity contribution in [1.29, 1.82) is 0 Å². The molecule has 0 heterocycles. The summed E-state index contributed by atoms with van der Waals surface area (Å²) in [7, 11) is 0. The van der Waals surface area contributed by atoms with E-state index < -0.39 is 0 Å². The summed E-state index contributed by atoms with van der Waals surface area (Å²) in [5.41, 5.74) is 2.64. The van der Waals surface area contributed by atoms with Gasteiger partial charge < -0.3 is 5.32 Å². The maximum Gasteiger partial charge on any atom is 0.205 e. The Kier molecular flexibility index (Phi) is 5.86. The zero-order chi connectivity index (χ0) is 11.1. The predicted molar refractivity (Wildman–Crippen MR) is 68.0 cm³/mol. The van der Waals surface area contributed by atoms with Crippen LogP contribution in [0.15, 0.2) is 4.99 Å². The van der Waals surface area contributed by atoms with Gasteiger partial charge in [-0.15, -0.1) is 0 Å². The van der Waals surface area contributed by atoms with Crippen molar-refractivity contribution < 1.29 is 0 Å². The Morgan fingerprint density at radius 1 is 1.53 bits per heavy atom. The Hall–Kier alpha value is -0.420. The maximum absolute atomic E-state index is 5.43. The SMILES string of the molecule is CCCN=C(NN)NC1CCCC1SC. The first-order chi connectivity index (χ1) is 7.31. The van der Waals surface area contributed by atoms with Crippen LogP contribution in [0.5, 0.6) is 0 Å². The highest BCUT2D eigenvalue weighted by Crippen LogP contribution is 2.28. The molecule has 0 aromatic carbocycles. The number of hydrogen-bond acceptors (Lipinski definition) is 3. The smallest absolute Gasteiger partial charge is 0.205 e. The van der Waals surface area contributed by atoms with Gasteiger partial charge in [-0.1, -0.05) is 13.3 Å². The molecule has 4 N–H and O–H groups in total. The van der Waals surface area contributed by atoms with Gasteiger partial charge in [-0.25, -0.2) is 5.84 Å². The monoisotopic (exact) mass is 230 g/mol. The van der Waals surface area contributed by atoms with Crippen LogP contribution in [0.4, 0.5) is 0 Å². The molecule has 0 aromatic rings. The second kappa shape index (κ2) is 6.95. The van der Waals surface area contributed by atoms with Crippen molar-refractivity contribution in [2.45, 2.75) is 43.9 Å². The van der Waals surface area contributed by atoms with Crippen molar-refractivity contribution in [2.75, 3.05) is 12.8 Å². The molecule has 0 spiro atoms. The Bertz CT molecular complexity index is 208. The molecular formula is C10H22N4S. The average molecular weight is 230 g/mol. The fraction of sp³-hybridized carbons (Fsp3) is 0.900. The molecule has 0 amide bonds. The lowest BCUT2D eigenvalue weighted by molar-refractivity contribution is 0.624. The first-order valence-corrected chi connectivity index (χ1v) is 6.91. The number of hydrazine groups is 1. The van der Waals surface area contributed by atoms with Crippen molar-refractivity contribution in [3.05, 3.63) is 0 Å². The van der Waals surface area contributed by atoms with Crippen LogP contribution in [0.3, 0.4) is 0 Å². The summed E-state index contributed by atoms with van der Waals surface area (Å²) in [5, 5.41) is 4.09. The summed E-state index contributed by atoms with van der Waals surface area (Å²) in [5.74, 6) is 6.17. The van der Waals surface area contributed by atoms with Gasteiger partial charge in [0.05, 0.1) is 0 Å². The molecule has 0 bridgehead atoms. The number of rotatable bonds is 4. The molecule has 1 rings (SSSR count). The minimum Gasteiger partial charge on any atom is -0.351 e. The molecule has 1 aliphatic carbocycles. The van der Waals surface area contributed by atoms with Gasteiger partial charge in [0.2, 0.25) is 5.96 Å². The lowest BCUT2D eigenvalue weighted by Gasteiger charge is -2.21. The molecule has 15 heavy (non-hydrogen) atoms. The van der Waals surface area contributed by atoms with E-state index >= 15 is 0 Å². The summed E-state index contributed by atoms with van der Waals surface area (Å²) < 4.78 is 0. The number of hydrogen-bond donors (Lipinski definition) is 3. The van der Waals surface area contributed by atoms with E-state index in [-0.39, 0.29) is 0 Å². The largest absolute Gasteiger partial charge is 0.351 e. The van der Waals surface area contributed by atoms with Gasteiger partial charge in [0.1, 0.15) is 0 Å². The molecule has 0 aliphatic heterocycles. The average Bonchev–Trinajstić information content (AvgIpc) is 2.71. The topological polar surface area (TPSA) is 62.4 Å². The van der Waals surface area contributed by atoms with E-state index in [1.807, 2.05) is 11.8 Å². The number of nitrogens with zero attached hydrogens (tertiary/aromatic N) is 1. The lowest BCUT2D eigenvalue weighted by Crippen LogP contribution is -2.48. The zero-order valence-corrected chi connectivity index (χ0v) is 10.4. The molecule has 2 unspecified atom stereocenters. The van der Waals surface area contributed by atoms with E-state index in [2.05, 4.69) is 28.9 Å². The molecule has 1 fully saturated rings. The van der Waals surface area contributed by atoms with Crippen LogP contribution in [-0.4, -0.2) is 30.1 Å². The Balaban J connectivity index is 2.43. The molecule has 0 saturated heterocycles. The number of nitrogens with two attached hydrogens (primary N) is 1. The Morgan fingerprint density at radius 2 is 2.33 bits per heavy atom. The van der Waals surface area contributed by atoms with Crippen LogP contribution in [0, 0.1) is 0 Å². The summed E-state index contributed by atoms with van der Waals surface area (Å²) >= 11 is 1.93. The minimum absolute atomic E-state index is 0.520. The molecule has 1 saturated carbocycles. The van der Waals surface area contributed by atoms with Crippen LogP contribution in [0.1, 0.15) is 32.6 Å². The van der Waals surface area contributed by atoms with Gasteiger partial charge in [-0.3, -0.25) is 10.4 Å². The highest BCUT2D eigenvalue weighted by Gasteiger charge is 2.26. The number of aliphatic imine (C=N–C) groups is 1. The molecule has 0 radical (unpaired) electrons. The maximum atomic E-state index is 5.43. The standard InChI is InChI=1S/C10H22N4S/c1-3-7-12-10(14-11)13-8-5-4-6-9(8)15-2/h8-9H,3-7,11H2,1-2H3,(H2,12,13,14). The van der Waals surface area contributed by atoms with Gasteiger partial charge >= 0.3 is 0 Å². The van der Waals surface area contributed by atoms with Crippen LogP contribution >= 0.6 is 11.8 Å². The van der Waals surface area contributed by atoms with E-state index in [4.69, 9.17) is 5.84 Å². The van der Waals surface area contributed by atoms with Crippen LogP contribution in [0.25, 0.3) is 0 Å². The first kappa shape index (κ1) is 12.6. The van der Waals surface area contributed by atoms with Gasteiger partial charge in [-0.05, 0) is 25.5 Å². The molecular weight excluding hydrogens is 208 g/mol. The van der Waals surface area contributed by atoms with Gasteiger partial charge in [0.15, 0.2) is 0 Å². The molecule has 5 heteroatoms. The van der Waals surface area contributed by atoms with Gasteiger partial charge in [0, 0.05) is 17.8 Å². The van der Waals surface area contributed by atoms with E-state index in [0.717, 1.165) is 18.9 Å². The molecule has 4 nitrogen and oxygen atoms in total. The van der Waals surface area contributed by atoms with Crippen LogP contribution < -0.4 is 16.6 Å². The Labute approximate surface area is 96.4 Å². The quantitative estimate of drug-likeness (QED) is 0.293. The van der Waals surface area contributed by atoms with E-state index in [0.29, 0.717) is 11.3 Å². The van der Waals surface area contributed by atoms with Crippen molar-refractivity contribution >= 4 is 17.7 Å². The number of thioether (sulfide) groups is 1. The predicted octanol–water partition coefficient (Wildman–Crippen LogP) is 1.09. The third-order valence-corrected chi connectivity index (χ3v) is 3.88. The van der Waals surface area contributed by atoms with Crippen molar-refractivity contribution in [3.63, 3.8) is 0 Å². The third kappa shape index (κ3) is 3.91. The second-order valence-electron chi connectivity index (χ2n) is 3.83. The van der Waals surface area contributed by atoms with Crippen molar-refractivity contribution in [3.8, 4) is 0 Å². The summed E-state index contributed by atoms with van der Waals surface area (Å²) in [6, 6.07) is 0.520. The van der Waals surface area contributed by atoms with Gasteiger partial charge in [0.25, 0.3) is 0 Å². The van der Waals surface area contributed by atoms with E-state index in [1.54, 1.807) is 0 Å². The summed E-state index contributed by atoms with van der Waals surface area (Å²) in [4.78, 5) is 4.35. The van der Waals surface area contributed by atoms with Crippen LogP contribution in [0.2, 0.25) is 0 Å². The fourth-order valence-corrected chi connectivity index (χ4v) is 2.84. The molecule has 1 aliphatic rings. The van der Waals surface area contributed by atoms with E-state index in [1.165, 1.54) is 19.3 Å². The molecule has 0 aromatic heterocycles. The second-order valence-corrected chi connectivity index (χ2v) is 4.91. The fourth-order valence-electron chi connectivity index (χ4n) is 1.91. The normalized spacial score (nSPS) is 26.7. The van der Waals surface area contributed by atoms with Gasteiger partial charge in [-0.2, -0.15) is 11.8 Å². The summed E-state index contributed by atoms with van der Waals surface area (Å²) in [6.45, 7) is 2.93. The number of guanidine groups is 1. The highest BCUT2D eigenvalue weighted by atomic mass is 32.2.